The van der Waals surface area contributed by atoms with Crippen molar-refractivity contribution in [3.63, 3.8) is 0 Å². The van der Waals surface area contributed by atoms with Crippen molar-refractivity contribution in [2.45, 2.75) is 43.7 Å². The lowest BCUT2D eigenvalue weighted by atomic mass is 10.1. The number of hydrogen-bond acceptors (Lipinski definition) is 7. The van der Waals surface area contributed by atoms with Gasteiger partial charge in [-0.25, -0.2) is 8.42 Å². The molecule has 0 fully saturated rings. The Kier molecular flexibility index (Phi) is 8.08. The van der Waals surface area contributed by atoms with E-state index in [2.05, 4.69) is 10.0 Å². The van der Waals surface area contributed by atoms with Crippen molar-refractivity contribution in [2.24, 2.45) is 0 Å². The van der Waals surface area contributed by atoms with Gasteiger partial charge in [0.05, 0.1) is 11.3 Å². The Bertz CT molecular complexity index is 1620. The second kappa shape index (κ2) is 11.3. The first-order chi connectivity index (χ1) is 18.8. The number of carbonyl (C=O) groups is 3. The molecule has 0 aliphatic carbocycles. The van der Waals surface area contributed by atoms with Crippen LogP contribution in [0.3, 0.4) is 0 Å². The molecule has 4 rings (SSSR count). The molecule has 40 heavy (non-hydrogen) atoms. The van der Waals surface area contributed by atoms with Gasteiger partial charge in [0.15, 0.2) is 5.76 Å². The topological polar surface area (TPSA) is 152 Å². The largest absolute Gasteiger partial charge is 0.480 e. The van der Waals surface area contributed by atoms with Gasteiger partial charge in [-0.3, -0.25) is 14.4 Å². The van der Waals surface area contributed by atoms with Gasteiger partial charge in [0.1, 0.15) is 17.2 Å². The summed E-state index contributed by atoms with van der Waals surface area (Å²) < 4.78 is 38.4. The Morgan fingerprint density at radius 3 is 2.10 bits per heavy atom. The molecule has 0 radical (unpaired) electrons. The first-order valence-corrected chi connectivity index (χ1v) is 13.8. The molecule has 3 aromatic carbocycles. The fourth-order valence-electron chi connectivity index (χ4n) is 3.84. The SMILES string of the molecule is CC(C)(C)OC(=O)C[C@@H](NS(=O)(=O)c1ccc(-c2ccc(NC(=O)c3cc4ccccc4o3)cc2)cc1)C(=O)O. The number of anilines is 1. The predicted octanol–water partition coefficient (Wildman–Crippen LogP) is 4.82. The van der Waals surface area contributed by atoms with Gasteiger partial charge in [-0.05, 0) is 68.3 Å². The van der Waals surface area contributed by atoms with E-state index in [1.807, 2.05) is 18.2 Å². The van der Waals surface area contributed by atoms with Crippen molar-refractivity contribution in [1.29, 1.82) is 0 Å². The Morgan fingerprint density at radius 2 is 1.52 bits per heavy atom. The number of para-hydroxylation sites is 1. The first kappa shape index (κ1) is 28.5. The number of aliphatic carboxylic acids is 1. The van der Waals surface area contributed by atoms with E-state index in [-0.39, 0.29) is 10.7 Å². The van der Waals surface area contributed by atoms with Crippen molar-refractivity contribution >= 4 is 44.5 Å². The molecule has 0 saturated heterocycles. The Labute approximate surface area is 231 Å². The van der Waals surface area contributed by atoms with Crippen LogP contribution in [0.25, 0.3) is 22.1 Å². The number of esters is 1. The van der Waals surface area contributed by atoms with E-state index < -0.39 is 45.9 Å². The molecule has 10 nitrogen and oxygen atoms in total. The van der Waals surface area contributed by atoms with Crippen molar-refractivity contribution in [3.8, 4) is 11.1 Å². The van der Waals surface area contributed by atoms with Crippen LogP contribution >= 0.6 is 0 Å². The summed E-state index contributed by atoms with van der Waals surface area (Å²) in [5, 5.41) is 13.0. The molecule has 208 valence electrons. The number of fused-ring (bicyclic) bond motifs is 1. The van der Waals surface area contributed by atoms with Crippen LogP contribution < -0.4 is 10.0 Å². The highest BCUT2D eigenvalue weighted by molar-refractivity contribution is 7.89. The van der Waals surface area contributed by atoms with E-state index in [0.29, 0.717) is 16.8 Å². The van der Waals surface area contributed by atoms with Crippen molar-refractivity contribution in [1.82, 2.24) is 4.72 Å². The smallest absolute Gasteiger partial charge is 0.322 e. The number of amides is 1. The average molecular weight is 565 g/mol. The third kappa shape index (κ3) is 7.13. The molecule has 1 atom stereocenters. The molecule has 0 aliphatic rings. The van der Waals surface area contributed by atoms with Gasteiger partial charge in [-0.2, -0.15) is 4.72 Å². The number of carboxylic acids is 1. The Hall–Kier alpha value is -4.48. The number of rotatable bonds is 9. The number of benzene rings is 3. The molecular formula is C29H28N2O8S. The molecule has 1 heterocycles. The molecule has 4 aromatic rings. The van der Waals surface area contributed by atoms with Crippen LogP contribution in [0.2, 0.25) is 0 Å². The molecule has 3 N–H and O–H groups in total. The fourth-order valence-corrected chi connectivity index (χ4v) is 5.03. The summed E-state index contributed by atoms with van der Waals surface area (Å²) in [6.07, 6.45) is -0.664. The van der Waals surface area contributed by atoms with Crippen molar-refractivity contribution < 1.29 is 37.1 Å². The maximum absolute atomic E-state index is 12.8. The third-order valence-corrected chi connectivity index (χ3v) is 7.16. The molecule has 0 aliphatic heterocycles. The van der Waals surface area contributed by atoms with Gasteiger partial charge in [-0.1, -0.05) is 42.5 Å². The minimum atomic E-state index is -4.24. The summed E-state index contributed by atoms with van der Waals surface area (Å²) in [5.41, 5.74) is 1.77. The standard InChI is InChI=1S/C29H28N2O8S/c1-29(2,3)39-26(32)17-23(28(34)35)31-40(36,37)22-14-10-19(11-15-22)18-8-12-21(13-9-18)30-27(33)25-16-20-6-4-5-7-24(20)38-25/h4-16,23,31H,17H2,1-3H3,(H,30,33)(H,34,35)/t23-/m1/s1. The van der Waals surface area contributed by atoms with Crippen molar-refractivity contribution in [3.05, 3.63) is 84.6 Å². The van der Waals surface area contributed by atoms with Gasteiger partial charge in [0.2, 0.25) is 10.0 Å². The van der Waals surface area contributed by atoms with E-state index in [1.54, 1.807) is 69.3 Å². The van der Waals surface area contributed by atoms with Crippen LogP contribution in [0.1, 0.15) is 37.7 Å². The molecule has 1 amide bonds. The minimum absolute atomic E-state index is 0.165. The number of carboxylic acid groups (broad SMARTS) is 1. The number of carbonyl (C=O) groups excluding carboxylic acids is 2. The number of hydrogen-bond donors (Lipinski definition) is 3. The zero-order valence-electron chi connectivity index (χ0n) is 22.0. The molecule has 0 spiro atoms. The van der Waals surface area contributed by atoms with Gasteiger partial charge < -0.3 is 19.6 Å². The highest BCUT2D eigenvalue weighted by Gasteiger charge is 2.30. The van der Waals surface area contributed by atoms with E-state index in [1.165, 1.54) is 12.1 Å². The zero-order chi connectivity index (χ0) is 29.1. The van der Waals surface area contributed by atoms with Crippen LogP contribution in [0.4, 0.5) is 5.69 Å². The summed E-state index contributed by atoms with van der Waals surface area (Å²) in [6.45, 7) is 4.87. The maximum Gasteiger partial charge on any atom is 0.322 e. The van der Waals surface area contributed by atoms with E-state index >= 15 is 0 Å². The summed E-state index contributed by atoms with van der Waals surface area (Å²) in [4.78, 5) is 36.1. The van der Waals surface area contributed by atoms with Crippen LogP contribution in [0, 0.1) is 0 Å². The van der Waals surface area contributed by atoms with E-state index in [4.69, 9.17) is 9.15 Å². The van der Waals surface area contributed by atoms with Gasteiger partial charge in [-0.15, -0.1) is 0 Å². The highest BCUT2D eigenvalue weighted by atomic mass is 32.2. The molecule has 1 aromatic heterocycles. The average Bonchev–Trinajstić information content (AvgIpc) is 3.32. The second-order valence-electron chi connectivity index (χ2n) is 10.0. The fraction of sp³-hybridized carbons (Fsp3) is 0.207. The summed E-state index contributed by atoms with van der Waals surface area (Å²) >= 11 is 0. The molecule has 0 bridgehead atoms. The second-order valence-corrected chi connectivity index (χ2v) is 11.7. The number of ether oxygens (including phenoxy) is 1. The van der Waals surface area contributed by atoms with Gasteiger partial charge in [0, 0.05) is 11.1 Å². The van der Waals surface area contributed by atoms with Gasteiger partial charge in [0.25, 0.3) is 5.91 Å². The van der Waals surface area contributed by atoms with E-state index in [9.17, 15) is 27.9 Å². The van der Waals surface area contributed by atoms with Crippen molar-refractivity contribution in [2.75, 3.05) is 5.32 Å². The molecule has 11 heteroatoms. The van der Waals surface area contributed by atoms with Crippen LogP contribution in [-0.2, 0) is 24.3 Å². The summed E-state index contributed by atoms with van der Waals surface area (Å²) in [5.74, 6) is -2.54. The minimum Gasteiger partial charge on any atom is -0.480 e. The number of nitrogens with one attached hydrogen (secondary N) is 2. The quantitative estimate of drug-likeness (QED) is 0.245. The maximum atomic E-state index is 12.8. The molecular weight excluding hydrogens is 536 g/mol. The monoisotopic (exact) mass is 564 g/mol. The lowest BCUT2D eigenvalue weighted by Crippen LogP contribution is -2.43. The van der Waals surface area contributed by atoms with E-state index in [0.717, 1.165) is 10.9 Å². The number of sulfonamides is 1. The zero-order valence-corrected chi connectivity index (χ0v) is 22.8. The van der Waals surface area contributed by atoms with Crippen LogP contribution in [0.15, 0.2) is 88.2 Å². The highest BCUT2D eigenvalue weighted by Crippen LogP contribution is 2.25. The first-order valence-electron chi connectivity index (χ1n) is 12.3. The van der Waals surface area contributed by atoms with Crippen LogP contribution in [0.5, 0.6) is 0 Å². The number of furan rings is 1. The molecule has 0 saturated carbocycles. The third-order valence-electron chi connectivity index (χ3n) is 5.68. The normalized spacial score (nSPS) is 12.6. The lowest BCUT2D eigenvalue weighted by molar-refractivity contribution is -0.158. The predicted molar refractivity (Wildman–Crippen MR) is 148 cm³/mol. The summed E-state index contributed by atoms with van der Waals surface area (Å²) in [7, 11) is -4.24. The Morgan fingerprint density at radius 1 is 0.925 bits per heavy atom. The Balaban J connectivity index is 1.41. The lowest BCUT2D eigenvalue weighted by Gasteiger charge is -2.21. The molecule has 0 unspecified atom stereocenters. The summed E-state index contributed by atoms with van der Waals surface area (Å²) in [6, 6.07) is 20.0. The van der Waals surface area contributed by atoms with Gasteiger partial charge >= 0.3 is 11.9 Å². The van der Waals surface area contributed by atoms with Crippen LogP contribution in [-0.4, -0.2) is 43.0 Å².